The van der Waals surface area contributed by atoms with Crippen molar-refractivity contribution in [2.24, 2.45) is 16.4 Å². The van der Waals surface area contributed by atoms with Gasteiger partial charge in [-0.2, -0.15) is 5.10 Å². The summed E-state index contributed by atoms with van der Waals surface area (Å²) in [6, 6.07) is 3.53. The van der Waals surface area contributed by atoms with Crippen molar-refractivity contribution in [3.05, 3.63) is 35.0 Å². The van der Waals surface area contributed by atoms with Gasteiger partial charge in [0, 0.05) is 24.2 Å². The monoisotopic (exact) mass is 373 g/mol. The van der Waals surface area contributed by atoms with Gasteiger partial charge in [-0.15, -0.1) is 0 Å². The van der Waals surface area contributed by atoms with Crippen molar-refractivity contribution in [3.8, 4) is 5.88 Å². The molecule has 1 aromatic rings. The van der Waals surface area contributed by atoms with E-state index in [9.17, 15) is 4.79 Å². The molecule has 0 N–H and O–H groups in total. The molecular weight excluding hydrogens is 346 g/mol. The van der Waals surface area contributed by atoms with Gasteiger partial charge in [-0.1, -0.05) is 39.0 Å². The van der Waals surface area contributed by atoms with Crippen LogP contribution in [0.15, 0.2) is 34.5 Å². The summed E-state index contributed by atoms with van der Waals surface area (Å²) >= 11 is 1.60. The third kappa shape index (κ3) is 4.29. The first-order chi connectivity index (χ1) is 12.4. The van der Waals surface area contributed by atoms with Crippen LogP contribution >= 0.6 is 11.8 Å². The summed E-state index contributed by atoms with van der Waals surface area (Å²) in [5.41, 5.74) is 0.460. The average molecular weight is 374 g/mol. The molecule has 0 saturated heterocycles. The highest BCUT2D eigenvalue weighted by Crippen LogP contribution is 2.40. The van der Waals surface area contributed by atoms with Crippen LogP contribution in [0.2, 0.25) is 0 Å². The van der Waals surface area contributed by atoms with Crippen LogP contribution in [-0.2, 0) is 0 Å². The van der Waals surface area contributed by atoms with Crippen LogP contribution in [0.1, 0.15) is 57.3 Å². The Morgan fingerprint density at radius 3 is 2.81 bits per heavy atom. The third-order valence-corrected chi connectivity index (χ3v) is 5.96. The van der Waals surface area contributed by atoms with E-state index in [0.29, 0.717) is 24.0 Å². The predicted molar refractivity (Wildman–Crippen MR) is 106 cm³/mol. The molecule has 0 unspecified atom stereocenters. The molecule has 0 aromatic carbocycles. The van der Waals surface area contributed by atoms with Gasteiger partial charge in [-0.3, -0.25) is 9.80 Å². The quantitative estimate of drug-likeness (QED) is 0.534. The normalized spacial score (nSPS) is 19.5. The summed E-state index contributed by atoms with van der Waals surface area (Å²) in [6.45, 7) is 9.71. The highest BCUT2D eigenvalue weighted by molar-refractivity contribution is 8.17. The fraction of sp³-hybridized carbons (Fsp3) is 0.550. The Labute approximate surface area is 159 Å². The Morgan fingerprint density at radius 1 is 1.42 bits per heavy atom. The topological polar surface area (TPSA) is 54.8 Å². The summed E-state index contributed by atoms with van der Waals surface area (Å²) < 4.78 is 5.51. The minimum absolute atomic E-state index is 0.0358. The number of allylic oxidation sites excluding steroid dienone is 1. The molecule has 0 atom stereocenters. The Kier molecular flexibility index (Phi) is 5.70. The minimum Gasteiger partial charge on any atom is -0.477 e. The van der Waals surface area contributed by atoms with Gasteiger partial charge in [0.05, 0.1) is 12.2 Å². The predicted octanol–water partition coefficient (Wildman–Crippen LogP) is 4.71. The zero-order chi connectivity index (χ0) is 18.7. The van der Waals surface area contributed by atoms with E-state index < -0.39 is 0 Å². The molecule has 26 heavy (non-hydrogen) atoms. The number of ether oxygens (including phenoxy) is 1. The zero-order valence-corrected chi connectivity index (χ0v) is 16.8. The van der Waals surface area contributed by atoms with Crippen LogP contribution in [-0.4, -0.2) is 34.0 Å². The molecule has 2 heterocycles. The van der Waals surface area contributed by atoms with Gasteiger partial charge in [0.15, 0.2) is 5.78 Å². The molecule has 0 radical (unpaired) electrons. The second-order valence-corrected chi connectivity index (χ2v) is 8.78. The number of carbonyl (C=O) groups is 1. The van der Waals surface area contributed by atoms with Gasteiger partial charge < -0.3 is 4.74 Å². The number of carbonyl (C=O) groups excluding carboxylic acids is 1. The van der Waals surface area contributed by atoms with Gasteiger partial charge >= 0.3 is 0 Å². The van der Waals surface area contributed by atoms with Gasteiger partial charge in [-0.05, 0) is 37.8 Å². The smallest absolute Gasteiger partial charge is 0.224 e. The summed E-state index contributed by atoms with van der Waals surface area (Å²) in [4.78, 5) is 17.1. The number of hydrogen-bond acceptors (Lipinski definition) is 6. The number of pyridine rings is 1. The standard InChI is InChI=1S/C20H27N3O2S/c1-5-25-18-15(10-7-11-21-18)16(24)12-17-23(13-14-8-6-9-14)22-19(26-17)20(2,3)4/h7,10-12,14H,5-6,8-9,13H2,1-4H3. The Balaban J connectivity index is 1.84. The molecule has 1 aliphatic heterocycles. The number of nitrogens with zero attached hydrogens (tertiary/aromatic N) is 3. The first kappa shape index (κ1) is 19.0. The van der Waals surface area contributed by atoms with E-state index in [4.69, 9.17) is 9.84 Å². The second-order valence-electron chi connectivity index (χ2n) is 7.77. The fourth-order valence-electron chi connectivity index (χ4n) is 2.81. The molecule has 0 spiro atoms. The number of aromatic nitrogens is 1. The molecule has 1 fully saturated rings. The van der Waals surface area contributed by atoms with Gasteiger partial charge in [0.25, 0.3) is 0 Å². The van der Waals surface area contributed by atoms with Gasteiger partial charge in [0.1, 0.15) is 10.1 Å². The molecule has 5 nitrogen and oxygen atoms in total. The Bertz CT molecular complexity index is 733. The van der Waals surface area contributed by atoms with Crippen molar-refractivity contribution in [1.29, 1.82) is 0 Å². The fourth-order valence-corrected chi connectivity index (χ4v) is 3.84. The number of thioether (sulfide) groups is 1. The third-order valence-electron chi connectivity index (χ3n) is 4.54. The average Bonchev–Trinajstić information content (AvgIpc) is 2.95. The summed E-state index contributed by atoms with van der Waals surface area (Å²) in [5.74, 6) is 0.977. The van der Waals surface area contributed by atoms with E-state index in [-0.39, 0.29) is 11.2 Å². The van der Waals surface area contributed by atoms with E-state index >= 15 is 0 Å². The molecule has 0 amide bonds. The van der Waals surface area contributed by atoms with E-state index in [1.54, 1.807) is 36.2 Å². The minimum atomic E-state index is -0.0898. The van der Waals surface area contributed by atoms with Crippen LogP contribution in [0.3, 0.4) is 0 Å². The molecule has 0 bridgehead atoms. The lowest BCUT2D eigenvalue weighted by molar-refractivity contribution is 0.103. The molecule has 3 rings (SSSR count). The second kappa shape index (κ2) is 7.82. The Hall–Kier alpha value is -1.82. The van der Waals surface area contributed by atoms with Gasteiger partial charge in [0.2, 0.25) is 5.88 Å². The lowest BCUT2D eigenvalue weighted by Crippen LogP contribution is -2.26. The Morgan fingerprint density at radius 2 is 2.19 bits per heavy atom. The van der Waals surface area contributed by atoms with E-state index in [2.05, 4.69) is 25.8 Å². The lowest BCUT2D eigenvalue weighted by Gasteiger charge is -2.29. The maximum absolute atomic E-state index is 12.9. The van der Waals surface area contributed by atoms with Crippen molar-refractivity contribution in [3.63, 3.8) is 0 Å². The van der Waals surface area contributed by atoms with Crippen molar-refractivity contribution >= 4 is 22.6 Å². The van der Waals surface area contributed by atoms with Crippen LogP contribution < -0.4 is 4.74 Å². The maximum Gasteiger partial charge on any atom is 0.224 e. The number of rotatable bonds is 6. The van der Waals surface area contributed by atoms with E-state index in [0.717, 1.165) is 16.6 Å². The SMILES string of the molecule is CCOc1ncccc1C(=O)C=C1SC(C(C)(C)C)=NN1CC1CCC1. The highest BCUT2D eigenvalue weighted by atomic mass is 32.2. The maximum atomic E-state index is 12.9. The molecular formula is C20H27N3O2S. The van der Waals surface area contributed by atoms with Crippen molar-refractivity contribution in [2.45, 2.75) is 47.0 Å². The molecule has 6 heteroatoms. The van der Waals surface area contributed by atoms with Crippen LogP contribution in [0.4, 0.5) is 0 Å². The van der Waals surface area contributed by atoms with Crippen LogP contribution in [0, 0.1) is 11.3 Å². The molecule has 1 aliphatic carbocycles. The largest absolute Gasteiger partial charge is 0.477 e. The number of hydrogen-bond donors (Lipinski definition) is 0. The number of hydrazone groups is 1. The summed E-state index contributed by atoms with van der Waals surface area (Å²) in [6.07, 6.45) is 7.13. The molecule has 1 saturated carbocycles. The van der Waals surface area contributed by atoms with Crippen LogP contribution in [0.5, 0.6) is 5.88 Å². The lowest BCUT2D eigenvalue weighted by atomic mass is 9.85. The molecule has 140 valence electrons. The van der Waals surface area contributed by atoms with Crippen molar-refractivity contribution in [2.75, 3.05) is 13.2 Å². The van der Waals surface area contributed by atoms with E-state index in [1.165, 1.54) is 19.3 Å². The van der Waals surface area contributed by atoms with Crippen LogP contribution in [0.25, 0.3) is 0 Å². The molecule has 1 aromatic heterocycles. The zero-order valence-electron chi connectivity index (χ0n) is 16.0. The van der Waals surface area contributed by atoms with Gasteiger partial charge in [-0.25, -0.2) is 4.98 Å². The first-order valence-electron chi connectivity index (χ1n) is 9.26. The van der Waals surface area contributed by atoms with Crippen molar-refractivity contribution in [1.82, 2.24) is 9.99 Å². The van der Waals surface area contributed by atoms with Crippen molar-refractivity contribution < 1.29 is 9.53 Å². The summed E-state index contributed by atoms with van der Waals surface area (Å²) in [5, 5.41) is 8.78. The summed E-state index contributed by atoms with van der Waals surface area (Å²) in [7, 11) is 0. The number of ketones is 1. The first-order valence-corrected chi connectivity index (χ1v) is 10.1. The van der Waals surface area contributed by atoms with E-state index in [1.807, 2.05) is 11.9 Å². The highest BCUT2D eigenvalue weighted by Gasteiger charge is 2.32. The molecule has 2 aliphatic rings.